The van der Waals surface area contributed by atoms with Crippen LogP contribution < -0.4 is 5.73 Å². The minimum Gasteiger partial charge on any atom is -0.384 e. The summed E-state index contributed by atoms with van der Waals surface area (Å²) in [7, 11) is 1.88. The van der Waals surface area contributed by atoms with Crippen molar-refractivity contribution >= 4 is 5.82 Å². The average molecular weight is 279 g/mol. The highest BCUT2D eigenvalue weighted by molar-refractivity contribution is 5.60. The van der Waals surface area contributed by atoms with E-state index in [1.165, 1.54) is 5.56 Å². The van der Waals surface area contributed by atoms with E-state index >= 15 is 0 Å². The maximum Gasteiger partial charge on any atom is 0.131 e. The molecule has 3 aromatic rings. The van der Waals surface area contributed by atoms with Crippen LogP contribution in [0.2, 0.25) is 0 Å². The molecular weight excluding hydrogens is 262 g/mol. The number of benzene rings is 1. The zero-order valence-electron chi connectivity index (χ0n) is 11.9. The normalized spacial score (nSPS) is 10.7. The number of aryl methyl sites for hydroxylation is 3. The van der Waals surface area contributed by atoms with Crippen molar-refractivity contribution in [2.75, 3.05) is 5.73 Å². The number of nitrogens with zero attached hydrogens (tertiary/aromatic N) is 4. The van der Waals surface area contributed by atoms with Crippen molar-refractivity contribution in [2.45, 2.75) is 12.8 Å². The lowest BCUT2D eigenvalue weighted by atomic mass is 10.1. The monoisotopic (exact) mass is 279 g/mol. The number of anilines is 1. The van der Waals surface area contributed by atoms with Crippen molar-refractivity contribution in [1.82, 2.24) is 19.7 Å². The van der Waals surface area contributed by atoms with Gasteiger partial charge in [-0.2, -0.15) is 5.10 Å². The van der Waals surface area contributed by atoms with E-state index in [9.17, 15) is 0 Å². The Morgan fingerprint density at radius 1 is 1.10 bits per heavy atom. The van der Waals surface area contributed by atoms with E-state index < -0.39 is 0 Å². The van der Waals surface area contributed by atoms with Gasteiger partial charge in [0.1, 0.15) is 11.6 Å². The zero-order chi connectivity index (χ0) is 14.7. The molecule has 0 amide bonds. The molecule has 5 nitrogen and oxygen atoms in total. The minimum absolute atomic E-state index is 0.493. The van der Waals surface area contributed by atoms with Gasteiger partial charge in [0.15, 0.2) is 0 Å². The SMILES string of the molecule is Cn1cc(-c2cc(N)nc(CCc3ccccc3)n2)cn1. The molecule has 106 valence electrons. The van der Waals surface area contributed by atoms with E-state index in [1.54, 1.807) is 16.9 Å². The topological polar surface area (TPSA) is 69.6 Å². The van der Waals surface area contributed by atoms with E-state index in [0.717, 1.165) is 29.9 Å². The lowest BCUT2D eigenvalue weighted by Crippen LogP contribution is -2.03. The number of rotatable bonds is 4. The molecule has 0 saturated heterocycles. The van der Waals surface area contributed by atoms with Gasteiger partial charge in [-0.15, -0.1) is 0 Å². The molecule has 21 heavy (non-hydrogen) atoms. The molecule has 2 aromatic heterocycles. The minimum atomic E-state index is 0.493. The fourth-order valence-electron chi connectivity index (χ4n) is 2.23. The molecule has 0 bridgehead atoms. The van der Waals surface area contributed by atoms with Crippen LogP contribution in [0.5, 0.6) is 0 Å². The zero-order valence-corrected chi connectivity index (χ0v) is 11.9. The predicted octanol–water partition coefficient (Wildman–Crippen LogP) is 2.24. The van der Waals surface area contributed by atoms with E-state index in [1.807, 2.05) is 31.4 Å². The second-order valence-corrected chi connectivity index (χ2v) is 4.98. The van der Waals surface area contributed by atoms with Crippen molar-refractivity contribution in [3.63, 3.8) is 0 Å². The first kappa shape index (κ1) is 13.3. The highest BCUT2D eigenvalue weighted by Gasteiger charge is 2.07. The van der Waals surface area contributed by atoms with Gasteiger partial charge in [-0.1, -0.05) is 30.3 Å². The maximum atomic E-state index is 5.89. The van der Waals surface area contributed by atoms with Gasteiger partial charge < -0.3 is 5.73 Å². The summed E-state index contributed by atoms with van der Waals surface area (Å²) in [6.45, 7) is 0. The molecule has 1 aromatic carbocycles. The quantitative estimate of drug-likeness (QED) is 0.795. The third kappa shape index (κ3) is 3.25. The summed E-state index contributed by atoms with van der Waals surface area (Å²) in [5.41, 5.74) is 8.93. The van der Waals surface area contributed by atoms with Gasteiger partial charge in [-0.3, -0.25) is 4.68 Å². The van der Waals surface area contributed by atoms with Gasteiger partial charge in [0, 0.05) is 31.3 Å². The lowest BCUT2D eigenvalue weighted by Gasteiger charge is -2.05. The van der Waals surface area contributed by atoms with Gasteiger partial charge in [0.2, 0.25) is 0 Å². The second kappa shape index (κ2) is 5.75. The van der Waals surface area contributed by atoms with Gasteiger partial charge in [0.25, 0.3) is 0 Å². The van der Waals surface area contributed by atoms with Crippen LogP contribution in [0.3, 0.4) is 0 Å². The Morgan fingerprint density at radius 2 is 1.90 bits per heavy atom. The van der Waals surface area contributed by atoms with Crippen LogP contribution in [-0.2, 0) is 19.9 Å². The second-order valence-electron chi connectivity index (χ2n) is 4.98. The van der Waals surface area contributed by atoms with Crippen LogP contribution in [0.15, 0.2) is 48.8 Å². The number of nitrogen functional groups attached to an aromatic ring is 1. The molecule has 0 saturated carbocycles. The van der Waals surface area contributed by atoms with Crippen molar-refractivity contribution in [2.24, 2.45) is 7.05 Å². The molecule has 0 aliphatic heterocycles. The van der Waals surface area contributed by atoms with Crippen molar-refractivity contribution in [3.8, 4) is 11.3 Å². The third-order valence-corrected chi connectivity index (χ3v) is 3.27. The molecule has 0 unspecified atom stereocenters. The Bertz CT molecular complexity index is 733. The fraction of sp³-hybridized carbons (Fsp3) is 0.188. The maximum absolute atomic E-state index is 5.89. The van der Waals surface area contributed by atoms with E-state index in [4.69, 9.17) is 5.73 Å². The number of hydrogen-bond donors (Lipinski definition) is 1. The molecule has 0 aliphatic rings. The van der Waals surface area contributed by atoms with Crippen molar-refractivity contribution < 1.29 is 0 Å². The predicted molar refractivity (Wildman–Crippen MR) is 82.5 cm³/mol. The van der Waals surface area contributed by atoms with E-state index in [-0.39, 0.29) is 0 Å². The lowest BCUT2D eigenvalue weighted by molar-refractivity contribution is 0.768. The Hall–Kier alpha value is -2.69. The Balaban J connectivity index is 1.81. The number of aromatic nitrogens is 4. The fourth-order valence-corrected chi connectivity index (χ4v) is 2.23. The van der Waals surface area contributed by atoms with Crippen LogP contribution in [-0.4, -0.2) is 19.7 Å². The molecule has 0 fully saturated rings. The van der Waals surface area contributed by atoms with Crippen LogP contribution >= 0.6 is 0 Å². The summed E-state index contributed by atoms with van der Waals surface area (Å²) in [5.74, 6) is 1.25. The van der Waals surface area contributed by atoms with Crippen LogP contribution in [0.4, 0.5) is 5.82 Å². The third-order valence-electron chi connectivity index (χ3n) is 3.27. The molecule has 0 atom stereocenters. The molecule has 0 aliphatic carbocycles. The van der Waals surface area contributed by atoms with Gasteiger partial charge in [-0.05, 0) is 12.0 Å². The first-order chi connectivity index (χ1) is 10.2. The van der Waals surface area contributed by atoms with Gasteiger partial charge in [-0.25, -0.2) is 9.97 Å². The molecule has 0 radical (unpaired) electrons. The Morgan fingerprint density at radius 3 is 2.62 bits per heavy atom. The smallest absolute Gasteiger partial charge is 0.131 e. The van der Waals surface area contributed by atoms with E-state index in [2.05, 4.69) is 27.2 Å². The van der Waals surface area contributed by atoms with Crippen molar-refractivity contribution in [1.29, 1.82) is 0 Å². The highest BCUT2D eigenvalue weighted by Crippen LogP contribution is 2.18. The Labute approximate surface area is 123 Å². The summed E-state index contributed by atoms with van der Waals surface area (Å²) in [6.07, 6.45) is 5.37. The standard InChI is InChI=1S/C16H17N5/c1-21-11-13(10-18-21)14-9-15(17)20-16(19-14)8-7-12-5-3-2-4-6-12/h2-6,9-11H,7-8H2,1H3,(H2,17,19,20). The molecule has 3 rings (SSSR count). The first-order valence-corrected chi connectivity index (χ1v) is 6.87. The molecule has 5 heteroatoms. The number of nitrogens with two attached hydrogens (primary N) is 1. The van der Waals surface area contributed by atoms with Crippen LogP contribution in [0.25, 0.3) is 11.3 Å². The summed E-state index contributed by atoms with van der Waals surface area (Å²) in [4.78, 5) is 8.91. The molecule has 2 N–H and O–H groups in total. The summed E-state index contributed by atoms with van der Waals surface area (Å²) < 4.78 is 1.75. The Kier molecular flexibility index (Phi) is 3.64. The highest BCUT2D eigenvalue weighted by atomic mass is 15.2. The largest absolute Gasteiger partial charge is 0.384 e. The summed E-state index contributed by atoms with van der Waals surface area (Å²) >= 11 is 0. The molecule has 2 heterocycles. The van der Waals surface area contributed by atoms with Crippen LogP contribution in [0, 0.1) is 0 Å². The summed E-state index contributed by atoms with van der Waals surface area (Å²) in [6, 6.07) is 12.1. The van der Waals surface area contributed by atoms with Gasteiger partial charge >= 0.3 is 0 Å². The molecule has 0 spiro atoms. The van der Waals surface area contributed by atoms with Crippen LogP contribution in [0.1, 0.15) is 11.4 Å². The number of hydrogen-bond acceptors (Lipinski definition) is 4. The van der Waals surface area contributed by atoms with E-state index in [0.29, 0.717) is 5.82 Å². The van der Waals surface area contributed by atoms with Crippen molar-refractivity contribution in [3.05, 3.63) is 60.2 Å². The average Bonchev–Trinajstić information content (AvgIpc) is 2.92. The van der Waals surface area contributed by atoms with Gasteiger partial charge in [0.05, 0.1) is 11.9 Å². The first-order valence-electron chi connectivity index (χ1n) is 6.87. The molecular formula is C16H17N5. The summed E-state index contributed by atoms with van der Waals surface area (Å²) in [5, 5.41) is 4.16.